The second kappa shape index (κ2) is 7.56. The molecule has 0 aliphatic heterocycles. The molecule has 2 aromatic heterocycles. The van der Waals surface area contributed by atoms with Crippen molar-refractivity contribution in [3.8, 4) is 28.4 Å². The van der Waals surface area contributed by atoms with Crippen LogP contribution in [0.3, 0.4) is 0 Å². The predicted octanol–water partition coefficient (Wildman–Crippen LogP) is 4.33. The molecule has 0 unspecified atom stereocenters. The third-order valence-electron chi connectivity index (χ3n) is 4.25. The highest BCUT2D eigenvalue weighted by atomic mass is 19.1. The van der Waals surface area contributed by atoms with Crippen LogP contribution >= 0.6 is 0 Å². The van der Waals surface area contributed by atoms with E-state index in [9.17, 15) is 4.39 Å². The SMILES string of the molecule is CCOc1cc(-c2cccc(F)c2)cc2c(NC)nc(-c3cnccn3)nc12. The molecule has 0 bridgehead atoms. The maximum Gasteiger partial charge on any atom is 0.182 e. The molecule has 2 heterocycles. The summed E-state index contributed by atoms with van der Waals surface area (Å²) in [6.45, 7) is 2.38. The molecule has 1 N–H and O–H groups in total. The molecule has 4 aromatic rings. The van der Waals surface area contributed by atoms with Crippen molar-refractivity contribution in [3.05, 3.63) is 60.8 Å². The summed E-state index contributed by atoms with van der Waals surface area (Å²) in [6, 6.07) is 10.2. The van der Waals surface area contributed by atoms with Crippen molar-refractivity contribution in [2.24, 2.45) is 0 Å². The molecule has 0 saturated heterocycles. The Labute approximate surface area is 161 Å². The Balaban J connectivity index is 1.98. The van der Waals surface area contributed by atoms with Crippen LogP contribution in [0.25, 0.3) is 33.5 Å². The molecule has 140 valence electrons. The summed E-state index contributed by atoms with van der Waals surface area (Å²) >= 11 is 0. The maximum absolute atomic E-state index is 13.7. The lowest BCUT2D eigenvalue weighted by Gasteiger charge is -2.14. The first-order valence-electron chi connectivity index (χ1n) is 8.88. The number of aromatic nitrogens is 4. The first kappa shape index (κ1) is 17.8. The molecular formula is C21H18FN5O. The minimum absolute atomic E-state index is 0.293. The van der Waals surface area contributed by atoms with Crippen molar-refractivity contribution >= 4 is 16.7 Å². The van der Waals surface area contributed by atoms with Crippen LogP contribution in [0.15, 0.2) is 55.0 Å². The zero-order valence-electron chi connectivity index (χ0n) is 15.5. The summed E-state index contributed by atoms with van der Waals surface area (Å²) in [6.07, 6.45) is 4.81. The zero-order valence-corrected chi connectivity index (χ0v) is 15.5. The zero-order chi connectivity index (χ0) is 19.5. The Bertz CT molecular complexity index is 1130. The van der Waals surface area contributed by atoms with Crippen LogP contribution in [0.5, 0.6) is 5.75 Å². The van der Waals surface area contributed by atoms with Gasteiger partial charge in [-0.25, -0.2) is 19.3 Å². The van der Waals surface area contributed by atoms with E-state index in [2.05, 4.69) is 25.3 Å². The molecule has 7 heteroatoms. The first-order chi connectivity index (χ1) is 13.7. The molecule has 0 aliphatic rings. The van der Waals surface area contributed by atoms with Crippen LogP contribution in [-0.4, -0.2) is 33.6 Å². The number of nitrogens with one attached hydrogen (secondary N) is 1. The summed E-state index contributed by atoms with van der Waals surface area (Å²) in [5.74, 6) is 1.39. The molecule has 0 aliphatic carbocycles. The van der Waals surface area contributed by atoms with E-state index in [4.69, 9.17) is 4.74 Å². The van der Waals surface area contributed by atoms with Crippen LogP contribution in [0.1, 0.15) is 6.92 Å². The van der Waals surface area contributed by atoms with E-state index in [1.54, 1.807) is 31.7 Å². The lowest BCUT2D eigenvalue weighted by atomic mass is 10.0. The third-order valence-corrected chi connectivity index (χ3v) is 4.25. The molecule has 0 saturated carbocycles. The molecule has 28 heavy (non-hydrogen) atoms. The molecule has 0 fully saturated rings. The van der Waals surface area contributed by atoms with Crippen molar-refractivity contribution in [2.45, 2.75) is 6.92 Å². The fraction of sp³-hybridized carbons (Fsp3) is 0.143. The van der Waals surface area contributed by atoms with E-state index in [1.807, 2.05) is 25.1 Å². The van der Waals surface area contributed by atoms with Crippen molar-refractivity contribution in [3.63, 3.8) is 0 Å². The van der Waals surface area contributed by atoms with Gasteiger partial charge in [-0.3, -0.25) is 4.98 Å². The van der Waals surface area contributed by atoms with Gasteiger partial charge in [-0.2, -0.15) is 0 Å². The van der Waals surface area contributed by atoms with Crippen LogP contribution in [0.2, 0.25) is 0 Å². The summed E-state index contributed by atoms with van der Waals surface area (Å²) in [5.41, 5.74) is 2.80. The number of ether oxygens (including phenoxy) is 1. The number of hydrogen-bond acceptors (Lipinski definition) is 6. The highest BCUT2D eigenvalue weighted by molar-refractivity contribution is 5.97. The van der Waals surface area contributed by atoms with Gasteiger partial charge in [-0.05, 0) is 42.3 Å². The van der Waals surface area contributed by atoms with E-state index in [0.717, 1.165) is 16.5 Å². The van der Waals surface area contributed by atoms with Crippen molar-refractivity contribution in [1.82, 2.24) is 19.9 Å². The van der Waals surface area contributed by atoms with Crippen LogP contribution in [-0.2, 0) is 0 Å². The maximum atomic E-state index is 13.7. The Kier molecular flexibility index (Phi) is 4.80. The Morgan fingerprint density at radius 1 is 1.07 bits per heavy atom. The fourth-order valence-corrected chi connectivity index (χ4v) is 3.02. The minimum atomic E-state index is -0.293. The Morgan fingerprint density at radius 2 is 1.96 bits per heavy atom. The summed E-state index contributed by atoms with van der Waals surface area (Å²) in [4.78, 5) is 17.6. The normalized spacial score (nSPS) is 10.8. The summed E-state index contributed by atoms with van der Waals surface area (Å²) in [7, 11) is 1.79. The fourth-order valence-electron chi connectivity index (χ4n) is 3.02. The number of hydrogen-bond donors (Lipinski definition) is 1. The van der Waals surface area contributed by atoms with Crippen molar-refractivity contribution in [1.29, 1.82) is 0 Å². The monoisotopic (exact) mass is 375 g/mol. The minimum Gasteiger partial charge on any atom is -0.492 e. The second-order valence-electron chi connectivity index (χ2n) is 6.05. The van der Waals surface area contributed by atoms with Gasteiger partial charge in [0.1, 0.15) is 28.6 Å². The van der Waals surface area contributed by atoms with Crippen LogP contribution in [0, 0.1) is 5.82 Å². The van der Waals surface area contributed by atoms with E-state index in [-0.39, 0.29) is 5.82 Å². The average Bonchev–Trinajstić information content (AvgIpc) is 2.73. The van der Waals surface area contributed by atoms with Gasteiger partial charge >= 0.3 is 0 Å². The number of fused-ring (bicyclic) bond motifs is 1. The number of anilines is 1. The highest BCUT2D eigenvalue weighted by Gasteiger charge is 2.16. The Morgan fingerprint density at radius 3 is 2.68 bits per heavy atom. The van der Waals surface area contributed by atoms with Crippen LogP contribution in [0.4, 0.5) is 10.2 Å². The number of benzene rings is 2. The highest BCUT2D eigenvalue weighted by Crippen LogP contribution is 2.35. The number of rotatable bonds is 5. The molecule has 6 nitrogen and oxygen atoms in total. The largest absolute Gasteiger partial charge is 0.492 e. The molecule has 0 radical (unpaired) electrons. The quantitative estimate of drug-likeness (QED) is 0.560. The van der Waals surface area contributed by atoms with Gasteiger partial charge < -0.3 is 10.1 Å². The Hall–Kier alpha value is -3.61. The van der Waals surface area contributed by atoms with Gasteiger partial charge in [0, 0.05) is 24.8 Å². The van der Waals surface area contributed by atoms with Gasteiger partial charge in [0.25, 0.3) is 0 Å². The molecule has 0 atom stereocenters. The number of nitrogens with zero attached hydrogens (tertiary/aromatic N) is 4. The molecule has 2 aromatic carbocycles. The van der Waals surface area contributed by atoms with Crippen LogP contribution < -0.4 is 10.1 Å². The van der Waals surface area contributed by atoms with E-state index in [0.29, 0.717) is 35.2 Å². The van der Waals surface area contributed by atoms with Gasteiger partial charge in [-0.15, -0.1) is 0 Å². The number of halogens is 1. The van der Waals surface area contributed by atoms with Gasteiger partial charge in [0.2, 0.25) is 0 Å². The molecular weight excluding hydrogens is 357 g/mol. The summed E-state index contributed by atoms with van der Waals surface area (Å²) < 4.78 is 19.6. The lowest BCUT2D eigenvalue weighted by molar-refractivity contribution is 0.344. The molecule has 0 amide bonds. The predicted molar refractivity (Wildman–Crippen MR) is 107 cm³/mol. The first-order valence-corrected chi connectivity index (χ1v) is 8.88. The van der Waals surface area contributed by atoms with Gasteiger partial charge in [0.15, 0.2) is 5.82 Å². The van der Waals surface area contributed by atoms with E-state index >= 15 is 0 Å². The molecule has 4 rings (SSSR count). The summed E-state index contributed by atoms with van der Waals surface area (Å²) in [5, 5.41) is 3.89. The second-order valence-corrected chi connectivity index (χ2v) is 6.05. The standard InChI is InChI=1S/C21H18FN5O/c1-3-28-18-11-14(13-5-4-6-15(22)9-13)10-16-19(18)26-21(27-20(16)23-2)17-12-24-7-8-25-17/h4-12H,3H2,1-2H3,(H,23,26,27). The average molecular weight is 375 g/mol. The van der Waals surface area contributed by atoms with E-state index in [1.165, 1.54) is 12.1 Å². The molecule has 0 spiro atoms. The smallest absolute Gasteiger partial charge is 0.182 e. The van der Waals surface area contributed by atoms with Crippen molar-refractivity contribution in [2.75, 3.05) is 19.0 Å². The topological polar surface area (TPSA) is 72.8 Å². The van der Waals surface area contributed by atoms with Gasteiger partial charge in [-0.1, -0.05) is 12.1 Å². The third kappa shape index (κ3) is 3.34. The van der Waals surface area contributed by atoms with Gasteiger partial charge in [0.05, 0.1) is 12.8 Å². The van der Waals surface area contributed by atoms with E-state index < -0.39 is 0 Å². The van der Waals surface area contributed by atoms with Crippen molar-refractivity contribution < 1.29 is 9.13 Å². The lowest BCUT2D eigenvalue weighted by Crippen LogP contribution is -2.02.